The number of oxime groups is 1. The van der Waals surface area contributed by atoms with Gasteiger partial charge in [-0.05, 0) is 54.9 Å². The average molecular weight is 518 g/mol. The normalized spacial score (nSPS) is 18.5. The fourth-order valence-corrected chi connectivity index (χ4v) is 4.59. The highest BCUT2D eigenvalue weighted by Gasteiger charge is 2.40. The third-order valence-electron chi connectivity index (χ3n) is 6.66. The van der Waals surface area contributed by atoms with E-state index in [0.29, 0.717) is 12.8 Å². The molecule has 0 unspecified atom stereocenters. The van der Waals surface area contributed by atoms with E-state index in [9.17, 15) is 18.3 Å². The number of likely N-dealkylation sites (tertiary alicyclic amines) is 1. The second-order valence-electron chi connectivity index (χ2n) is 9.20. The summed E-state index contributed by atoms with van der Waals surface area (Å²) >= 11 is 0. The van der Waals surface area contributed by atoms with Crippen LogP contribution in [0.4, 0.5) is 13.2 Å². The molecule has 0 radical (unpaired) electrons. The SMILES string of the molecule is CCCCc1ccc(CCc2ccc(-c3noc([C@@H]4[C@@H](O)CCN4/C(N)=N/O)n3)cc2C(F)(F)F)cc1. The van der Waals surface area contributed by atoms with E-state index in [1.807, 2.05) is 24.3 Å². The first-order valence-corrected chi connectivity index (χ1v) is 12.3. The Balaban J connectivity index is 1.54. The van der Waals surface area contributed by atoms with Crippen molar-refractivity contribution in [3.8, 4) is 11.4 Å². The quantitative estimate of drug-likeness (QED) is 0.171. The first-order chi connectivity index (χ1) is 17.7. The van der Waals surface area contributed by atoms with Crippen molar-refractivity contribution < 1.29 is 28.0 Å². The molecule has 4 rings (SSSR count). The van der Waals surface area contributed by atoms with Crippen LogP contribution in [0.1, 0.15) is 60.4 Å². The molecule has 0 saturated carbocycles. The number of aliphatic hydroxyl groups is 1. The van der Waals surface area contributed by atoms with Crippen LogP contribution in [0.2, 0.25) is 0 Å². The van der Waals surface area contributed by atoms with Gasteiger partial charge in [0.05, 0.1) is 11.7 Å². The highest BCUT2D eigenvalue weighted by Crippen LogP contribution is 2.36. The summed E-state index contributed by atoms with van der Waals surface area (Å²) < 4.78 is 47.2. The van der Waals surface area contributed by atoms with Crippen LogP contribution < -0.4 is 5.73 Å². The molecule has 1 aromatic heterocycles. The maximum atomic E-state index is 14.0. The van der Waals surface area contributed by atoms with E-state index in [-0.39, 0.29) is 41.8 Å². The molecule has 0 spiro atoms. The van der Waals surface area contributed by atoms with E-state index in [2.05, 4.69) is 22.2 Å². The summed E-state index contributed by atoms with van der Waals surface area (Å²) in [6, 6.07) is 11.1. The molecule has 3 aromatic rings. The van der Waals surface area contributed by atoms with Crippen LogP contribution in [-0.4, -0.2) is 44.0 Å². The Hall–Kier alpha value is -3.60. The van der Waals surface area contributed by atoms with Gasteiger partial charge in [-0.25, -0.2) is 0 Å². The molecule has 2 aromatic carbocycles. The first kappa shape index (κ1) is 26.5. The van der Waals surface area contributed by atoms with Gasteiger partial charge < -0.3 is 25.5 Å². The Morgan fingerprint density at radius 1 is 1.14 bits per heavy atom. The molecule has 37 heavy (non-hydrogen) atoms. The zero-order valence-electron chi connectivity index (χ0n) is 20.4. The number of aryl methyl sites for hydroxylation is 3. The van der Waals surface area contributed by atoms with Crippen LogP contribution in [0.5, 0.6) is 0 Å². The lowest BCUT2D eigenvalue weighted by Gasteiger charge is -2.22. The lowest BCUT2D eigenvalue weighted by atomic mass is 9.96. The van der Waals surface area contributed by atoms with E-state index in [1.165, 1.54) is 22.6 Å². The van der Waals surface area contributed by atoms with Crippen molar-refractivity contribution in [1.29, 1.82) is 0 Å². The molecule has 8 nitrogen and oxygen atoms in total. The first-order valence-electron chi connectivity index (χ1n) is 12.3. The molecule has 0 bridgehead atoms. The van der Waals surface area contributed by atoms with Crippen molar-refractivity contribution in [2.75, 3.05) is 6.54 Å². The van der Waals surface area contributed by atoms with Crippen LogP contribution in [0.15, 0.2) is 52.1 Å². The van der Waals surface area contributed by atoms with E-state index in [1.54, 1.807) is 0 Å². The smallest absolute Gasteiger partial charge is 0.408 e. The number of rotatable bonds is 8. The van der Waals surface area contributed by atoms with E-state index in [4.69, 9.17) is 15.5 Å². The predicted octanol–water partition coefficient (Wildman–Crippen LogP) is 4.69. The van der Waals surface area contributed by atoms with Crippen molar-refractivity contribution in [2.24, 2.45) is 10.9 Å². The maximum Gasteiger partial charge on any atom is 0.416 e. The Bertz CT molecular complexity index is 1230. The van der Waals surface area contributed by atoms with Crippen LogP contribution in [0.25, 0.3) is 11.4 Å². The highest BCUT2D eigenvalue weighted by molar-refractivity contribution is 5.78. The molecule has 0 aliphatic carbocycles. The van der Waals surface area contributed by atoms with Gasteiger partial charge in [0, 0.05) is 12.1 Å². The molecule has 1 saturated heterocycles. The van der Waals surface area contributed by atoms with Gasteiger partial charge in [-0.1, -0.05) is 60.1 Å². The number of halogens is 3. The second kappa shape index (κ2) is 11.2. The number of alkyl halides is 3. The lowest BCUT2D eigenvalue weighted by Crippen LogP contribution is -2.38. The summed E-state index contributed by atoms with van der Waals surface area (Å²) in [5, 5.41) is 26.1. The van der Waals surface area contributed by atoms with Gasteiger partial charge in [-0.2, -0.15) is 18.2 Å². The van der Waals surface area contributed by atoms with Crippen LogP contribution in [0.3, 0.4) is 0 Å². The van der Waals surface area contributed by atoms with Crippen LogP contribution in [-0.2, 0) is 25.4 Å². The summed E-state index contributed by atoms with van der Waals surface area (Å²) in [5.74, 6) is -0.319. The largest absolute Gasteiger partial charge is 0.416 e. The van der Waals surface area contributed by atoms with Gasteiger partial charge in [0.2, 0.25) is 11.8 Å². The van der Waals surface area contributed by atoms with Gasteiger partial charge in [0.25, 0.3) is 5.89 Å². The van der Waals surface area contributed by atoms with Crippen molar-refractivity contribution in [1.82, 2.24) is 15.0 Å². The third kappa shape index (κ3) is 6.04. The fraction of sp³-hybridized carbons (Fsp3) is 0.423. The molecule has 198 valence electrons. The number of nitrogens with zero attached hydrogens (tertiary/aromatic N) is 4. The maximum absolute atomic E-state index is 14.0. The number of benzene rings is 2. The van der Waals surface area contributed by atoms with Crippen molar-refractivity contribution in [2.45, 2.75) is 63.8 Å². The highest BCUT2D eigenvalue weighted by atomic mass is 19.4. The molecule has 1 fully saturated rings. The average Bonchev–Trinajstić information content (AvgIpc) is 3.52. The summed E-state index contributed by atoms with van der Waals surface area (Å²) in [6.07, 6.45) is -1.27. The number of unbranched alkanes of at least 4 members (excludes halogenated alkanes) is 1. The van der Waals surface area contributed by atoms with Gasteiger partial charge in [0.1, 0.15) is 6.04 Å². The summed E-state index contributed by atoms with van der Waals surface area (Å²) in [4.78, 5) is 5.61. The number of nitrogens with two attached hydrogens (primary N) is 1. The summed E-state index contributed by atoms with van der Waals surface area (Å²) in [6.45, 7) is 2.42. The van der Waals surface area contributed by atoms with E-state index in [0.717, 1.165) is 30.9 Å². The predicted molar refractivity (Wildman–Crippen MR) is 131 cm³/mol. The summed E-state index contributed by atoms with van der Waals surface area (Å²) in [7, 11) is 0. The van der Waals surface area contributed by atoms with Crippen molar-refractivity contribution >= 4 is 5.96 Å². The minimum Gasteiger partial charge on any atom is -0.408 e. The molecule has 1 aliphatic heterocycles. The standard InChI is InChI=1S/C26H30F3N5O3/c1-2-3-4-16-5-7-17(8-6-16)9-10-18-11-12-19(15-20(18)26(27,28)29)23-31-24(37-33-23)22-21(35)13-14-34(22)25(30)32-36/h5-8,11-12,15,21-22,35-36H,2-4,9-10,13-14H2,1H3,(H2,30,32)/t21-,22-/m0/s1. The molecular weight excluding hydrogens is 487 g/mol. The third-order valence-corrected chi connectivity index (χ3v) is 6.66. The number of guanidine groups is 1. The van der Waals surface area contributed by atoms with Crippen LogP contribution >= 0.6 is 0 Å². The van der Waals surface area contributed by atoms with Crippen molar-refractivity contribution in [3.63, 3.8) is 0 Å². The minimum absolute atomic E-state index is 0.0355. The molecule has 1 aliphatic rings. The molecule has 2 heterocycles. The Kier molecular flexibility index (Phi) is 8.01. The second-order valence-corrected chi connectivity index (χ2v) is 9.20. The minimum atomic E-state index is -4.56. The molecular formula is C26H30F3N5O3. The van der Waals surface area contributed by atoms with Crippen molar-refractivity contribution in [3.05, 3.63) is 70.6 Å². The monoisotopic (exact) mass is 517 g/mol. The Morgan fingerprint density at radius 2 is 1.84 bits per heavy atom. The lowest BCUT2D eigenvalue weighted by molar-refractivity contribution is -0.138. The topological polar surface area (TPSA) is 121 Å². The van der Waals surface area contributed by atoms with Gasteiger partial charge in [-0.3, -0.25) is 0 Å². The van der Waals surface area contributed by atoms with E-state index >= 15 is 0 Å². The zero-order valence-corrected chi connectivity index (χ0v) is 20.4. The van der Waals surface area contributed by atoms with Gasteiger partial charge in [0.15, 0.2) is 0 Å². The molecule has 11 heteroatoms. The Morgan fingerprint density at radius 3 is 2.49 bits per heavy atom. The number of aliphatic hydroxyl groups excluding tert-OH is 1. The fourth-order valence-electron chi connectivity index (χ4n) is 4.59. The Labute approximate surface area is 212 Å². The number of hydrogen-bond acceptors (Lipinski definition) is 6. The molecule has 2 atom stereocenters. The molecule has 0 amide bonds. The number of aromatic nitrogens is 2. The molecule has 4 N–H and O–H groups in total. The van der Waals surface area contributed by atoms with Gasteiger partial charge in [-0.15, -0.1) is 0 Å². The summed E-state index contributed by atoms with van der Waals surface area (Å²) in [5.41, 5.74) is 7.43. The number of hydrogen-bond donors (Lipinski definition) is 3. The zero-order chi connectivity index (χ0) is 26.6. The van der Waals surface area contributed by atoms with Gasteiger partial charge >= 0.3 is 6.18 Å². The van der Waals surface area contributed by atoms with E-state index < -0.39 is 23.9 Å². The van der Waals surface area contributed by atoms with Crippen LogP contribution in [0, 0.1) is 0 Å².